The summed E-state index contributed by atoms with van der Waals surface area (Å²) < 4.78 is 0. The first kappa shape index (κ1) is 12.3. The first-order valence-electron chi connectivity index (χ1n) is 6.18. The fourth-order valence-corrected chi connectivity index (χ4v) is 2.72. The number of hydrogen-bond donors (Lipinski definition) is 1. The summed E-state index contributed by atoms with van der Waals surface area (Å²) >= 11 is 1.78. The Hall–Kier alpha value is -1.12. The number of rotatable bonds is 4. The van der Waals surface area contributed by atoms with Crippen molar-refractivity contribution in [2.75, 3.05) is 0 Å². The molecular weight excluding hydrogens is 226 g/mol. The lowest BCUT2D eigenvalue weighted by atomic mass is 9.96. The van der Waals surface area contributed by atoms with Gasteiger partial charge in [-0.3, -0.25) is 0 Å². The molecule has 0 aliphatic carbocycles. The van der Waals surface area contributed by atoms with Gasteiger partial charge in [-0.15, -0.1) is 11.3 Å². The molecule has 0 bridgehead atoms. The third-order valence-corrected chi connectivity index (χ3v) is 4.39. The minimum atomic E-state index is 0.265. The Morgan fingerprint density at radius 3 is 2.29 bits per heavy atom. The minimum absolute atomic E-state index is 0.265. The van der Waals surface area contributed by atoms with Gasteiger partial charge < -0.3 is 5.73 Å². The van der Waals surface area contributed by atoms with E-state index in [1.54, 1.807) is 11.3 Å². The van der Waals surface area contributed by atoms with Crippen molar-refractivity contribution in [2.24, 2.45) is 0 Å². The number of thiophene rings is 1. The van der Waals surface area contributed by atoms with Gasteiger partial charge in [-0.25, -0.2) is 0 Å². The summed E-state index contributed by atoms with van der Waals surface area (Å²) in [4.78, 5) is 1.33. The highest BCUT2D eigenvalue weighted by Gasteiger charge is 2.13. The van der Waals surface area contributed by atoms with Gasteiger partial charge in [0.05, 0.1) is 4.88 Å². The van der Waals surface area contributed by atoms with E-state index in [2.05, 4.69) is 61.4 Å². The monoisotopic (exact) mass is 246 g/mol. The number of hydrogen-bond acceptors (Lipinski definition) is 1. The zero-order valence-corrected chi connectivity index (χ0v) is 11.3. The third kappa shape index (κ3) is 2.76. The van der Waals surface area contributed by atoms with Crippen molar-refractivity contribution in [3.05, 3.63) is 57.8 Å². The molecule has 0 amide bonds. The van der Waals surface area contributed by atoms with E-state index in [0.29, 0.717) is 5.92 Å². The molecule has 0 fully saturated rings. The Bertz CT molecular complexity index is 444. The van der Waals surface area contributed by atoms with Crippen LogP contribution in [0.15, 0.2) is 41.8 Å². The molecule has 2 aromatic rings. The number of quaternary nitrogens is 1. The van der Waals surface area contributed by atoms with Crippen LogP contribution in [0.3, 0.4) is 0 Å². The van der Waals surface area contributed by atoms with Crippen LogP contribution in [0.1, 0.15) is 48.2 Å². The quantitative estimate of drug-likeness (QED) is 0.854. The van der Waals surface area contributed by atoms with Gasteiger partial charge >= 0.3 is 0 Å². The van der Waals surface area contributed by atoms with Crippen molar-refractivity contribution >= 4 is 11.3 Å². The van der Waals surface area contributed by atoms with Crippen molar-refractivity contribution in [3.63, 3.8) is 0 Å². The van der Waals surface area contributed by atoms with E-state index in [-0.39, 0.29) is 6.04 Å². The lowest BCUT2D eigenvalue weighted by molar-refractivity contribution is -0.410. The Morgan fingerprint density at radius 2 is 1.76 bits per heavy atom. The summed E-state index contributed by atoms with van der Waals surface area (Å²) in [6, 6.07) is 13.4. The normalized spacial score (nSPS) is 14.5. The van der Waals surface area contributed by atoms with Gasteiger partial charge in [0.2, 0.25) is 0 Å². The summed E-state index contributed by atoms with van der Waals surface area (Å²) in [5, 5.41) is 2.11. The van der Waals surface area contributed by atoms with Crippen LogP contribution in [0.5, 0.6) is 0 Å². The molecule has 0 aliphatic heterocycles. The van der Waals surface area contributed by atoms with Gasteiger partial charge in [-0.05, 0) is 29.3 Å². The molecule has 0 saturated heterocycles. The summed E-state index contributed by atoms with van der Waals surface area (Å²) in [6.45, 7) is 4.50. The van der Waals surface area contributed by atoms with Crippen LogP contribution >= 0.6 is 11.3 Å². The zero-order chi connectivity index (χ0) is 12.3. The second kappa shape index (κ2) is 5.48. The van der Waals surface area contributed by atoms with Crippen LogP contribution in [0.2, 0.25) is 0 Å². The molecule has 17 heavy (non-hydrogen) atoms. The molecular formula is C15H20NS+. The molecule has 0 unspecified atom stereocenters. The van der Waals surface area contributed by atoms with E-state index in [1.807, 2.05) is 0 Å². The van der Waals surface area contributed by atoms with Gasteiger partial charge in [0.15, 0.2) is 0 Å². The first-order valence-corrected chi connectivity index (χ1v) is 7.06. The first-order chi connectivity index (χ1) is 8.22. The molecule has 0 spiro atoms. The van der Waals surface area contributed by atoms with Gasteiger partial charge in [0.1, 0.15) is 6.04 Å². The lowest BCUT2D eigenvalue weighted by Gasteiger charge is -2.11. The van der Waals surface area contributed by atoms with Crippen LogP contribution in [0, 0.1) is 0 Å². The highest BCUT2D eigenvalue weighted by molar-refractivity contribution is 7.10. The maximum Gasteiger partial charge on any atom is 0.145 e. The van der Waals surface area contributed by atoms with Crippen LogP contribution in [0.25, 0.3) is 0 Å². The van der Waals surface area contributed by atoms with Gasteiger partial charge in [-0.1, -0.05) is 44.2 Å². The molecule has 2 atom stereocenters. The van der Waals surface area contributed by atoms with Gasteiger partial charge in [-0.2, -0.15) is 0 Å². The molecule has 1 aromatic carbocycles. The fourth-order valence-electron chi connectivity index (χ4n) is 1.95. The Morgan fingerprint density at radius 1 is 1.12 bits per heavy atom. The van der Waals surface area contributed by atoms with Crippen molar-refractivity contribution in [3.8, 4) is 0 Å². The smallest absolute Gasteiger partial charge is 0.145 e. The van der Waals surface area contributed by atoms with Crippen LogP contribution in [0.4, 0.5) is 0 Å². The molecule has 1 heterocycles. The van der Waals surface area contributed by atoms with Crippen molar-refractivity contribution < 1.29 is 5.73 Å². The maximum absolute atomic E-state index is 4.26. The van der Waals surface area contributed by atoms with Crippen LogP contribution in [-0.4, -0.2) is 0 Å². The van der Waals surface area contributed by atoms with E-state index < -0.39 is 0 Å². The standard InChI is InChI=1S/C15H19NS/c1-3-11(2)12-6-8-13(9-7-12)15(16)14-5-4-10-17-14/h4-11,15H,3,16H2,1-2H3/p+1/t11-,15+/m1/s1. The molecule has 0 saturated carbocycles. The second-order valence-corrected chi connectivity index (χ2v) is 5.52. The molecule has 1 aromatic heterocycles. The molecule has 0 aliphatic rings. The van der Waals surface area contributed by atoms with E-state index in [1.165, 1.54) is 22.4 Å². The van der Waals surface area contributed by atoms with E-state index in [0.717, 1.165) is 0 Å². The second-order valence-electron chi connectivity index (χ2n) is 4.54. The summed E-state index contributed by atoms with van der Waals surface area (Å²) in [5.41, 5.74) is 6.99. The van der Waals surface area contributed by atoms with Crippen molar-refractivity contribution in [1.29, 1.82) is 0 Å². The van der Waals surface area contributed by atoms with Crippen molar-refractivity contribution in [1.82, 2.24) is 0 Å². The molecule has 3 N–H and O–H groups in total. The van der Waals surface area contributed by atoms with E-state index >= 15 is 0 Å². The SMILES string of the molecule is CC[C@@H](C)c1ccc([C@H]([NH3+])c2cccs2)cc1. The zero-order valence-electron chi connectivity index (χ0n) is 10.5. The van der Waals surface area contributed by atoms with Crippen LogP contribution < -0.4 is 5.73 Å². The Labute approximate surface area is 107 Å². The minimum Gasteiger partial charge on any atom is -0.347 e. The van der Waals surface area contributed by atoms with Gasteiger partial charge in [0.25, 0.3) is 0 Å². The molecule has 90 valence electrons. The highest BCUT2D eigenvalue weighted by atomic mass is 32.1. The lowest BCUT2D eigenvalue weighted by Crippen LogP contribution is -2.53. The van der Waals surface area contributed by atoms with E-state index in [9.17, 15) is 0 Å². The molecule has 2 heteroatoms. The fraction of sp³-hybridized carbons (Fsp3) is 0.333. The largest absolute Gasteiger partial charge is 0.347 e. The number of benzene rings is 1. The maximum atomic E-state index is 4.26. The average Bonchev–Trinajstić information content (AvgIpc) is 2.91. The predicted molar refractivity (Wildman–Crippen MR) is 74.2 cm³/mol. The third-order valence-electron chi connectivity index (χ3n) is 3.41. The highest BCUT2D eigenvalue weighted by Crippen LogP contribution is 2.24. The summed E-state index contributed by atoms with van der Waals surface area (Å²) in [5.74, 6) is 0.647. The average molecular weight is 246 g/mol. The summed E-state index contributed by atoms with van der Waals surface area (Å²) in [6.07, 6.45) is 1.19. The molecule has 0 radical (unpaired) electrons. The topological polar surface area (TPSA) is 27.6 Å². The van der Waals surface area contributed by atoms with E-state index in [4.69, 9.17) is 0 Å². The Kier molecular flexibility index (Phi) is 3.97. The molecule has 2 rings (SSSR count). The van der Waals surface area contributed by atoms with Gasteiger partial charge in [0, 0.05) is 5.56 Å². The van der Waals surface area contributed by atoms with Crippen molar-refractivity contribution in [2.45, 2.75) is 32.2 Å². The Balaban J connectivity index is 2.18. The van der Waals surface area contributed by atoms with Crippen LogP contribution in [-0.2, 0) is 0 Å². The molecule has 1 nitrogen and oxygen atoms in total. The summed E-state index contributed by atoms with van der Waals surface area (Å²) in [7, 11) is 0. The predicted octanol–water partition coefficient (Wildman–Crippen LogP) is 3.59.